The molecule has 0 saturated carbocycles. The first-order valence-electron chi connectivity index (χ1n) is 3.79. The molecule has 1 aromatic carbocycles. The highest BCUT2D eigenvalue weighted by molar-refractivity contribution is 7.80. The molecule has 1 rings (SSSR count). The van der Waals surface area contributed by atoms with E-state index in [2.05, 4.69) is 17.9 Å². The van der Waals surface area contributed by atoms with Gasteiger partial charge in [0.05, 0.1) is 11.8 Å². The number of hydrogen-bond acceptors (Lipinski definition) is 3. The molecule has 0 spiro atoms. The summed E-state index contributed by atoms with van der Waals surface area (Å²) in [7, 11) is 0. The lowest BCUT2D eigenvalue weighted by molar-refractivity contribution is -0.115. The van der Waals surface area contributed by atoms with Gasteiger partial charge in [-0.05, 0) is 18.2 Å². The molecule has 5 heteroatoms. The zero-order valence-electron chi connectivity index (χ0n) is 7.12. The molecule has 1 aromatic rings. The summed E-state index contributed by atoms with van der Waals surface area (Å²) in [6.07, 6.45) is -0.181. The van der Waals surface area contributed by atoms with Crippen LogP contribution in [0.1, 0.15) is 6.42 Å². The van der Waals surface area contributed by atoms with Crippen LogP contribution in [0.25, 0.3) is 0 Å². The van der Waals surface area contributed by atoms with Crippen molar-refractivity contribution in [1.82, 2.24) is 0 Å². The van der Waals surface area contributed by atoms with E-state index in [1.54, 1.807) is 24.3 Å². The minimum Gasteiger partial charge on any atom is -0.324 e. The number of carbonyl (C=O) groups is 1. The maximum absolute atomic E-state index is 11.1. The van der Waals surface area contributed by atoms with Crippen LogP contribution in [-0.2, 0) is 4.79 Å². The molecule has 1 N–H and O–H groups in total. The lowest BCUT2D eigenvalue weighted by Gasteiger charge is -2.05. The molecule has 0 atom stereocenters. The lowest BCUT2D eigenvalue weighted by atomic mass is 10.3. The first kappa shape index (κ1) is 10.9. The first-order valence-corrected chi connectivity index (χ1v) is 4.61. The summed E-state index contributed by atoms with van der Waals surface area (Å²) in [5.74, 6) is -0.370. The lowest BCUT2D eigenvalue weighted by Crippen LogP contribution is -2.10. The summed E-state index contributed by atoms with van der Waals surface area (Å²) in [5.41, 5.74) is 0.515. The van der Waals surface area contributed by atoms with Gasteiger partial charge in [0.2, 0.25) is 5.91 Å². The zero-order valence-corrected chi connectivity index (χ0v) is 8.77. The van der Waals surface area contributed by atoms with E-state index in [-0.39, 0.29) is 12.3 Å². The Morgan fingerprint density at radius 1 is 1.64 bits per heavy atom. The van der Waals surface area contributed by atoms with E-state index in [0.717, 1.165) is 0 Å². The van der Waals surface area contributed by atoms with Crippen molar-refractivity contribution in [3.05, 3.63) is 23.2 Å². The Morgan fingerprint density at radius 3 is 3.00 bits per heavy atom. The second-order valence-corrected chi connectivity index (χ2v) is 3.46. The van der Waals surface area contributed by atoms with Crippen LogP contribution >= 0.6 is 24.2 Å². The topological polar surface area (TPSA) is 52.9 Å². The van der Waals surface area contributed by atoms with E-state index in [9.17, 15) is 4.79 Å². The van der Waals surface area contributed by atoms with Gasteiger partial charge in [-0.25, -0.2) is 0 Å². The van der Waals surface area contributed by atoms with Gasteiger partial charge in [-0.3, -0.25) is 4.79 Å². The number of halogens is 1. The van der Waals surface area contributed by atoms with Crippen molar-refractivity contribution in [3.63, 3.8) is 0 Å². The number of hydrogen-bond donors (Lipinski definition) is 2. The highest BCUT2D eigenvalue weighted by atomic mass is 35.5. The molecule has 0 bridgehead atoms. The van der Waals surface area contributed by atoms with E-state index in [1.807, 2.05) is 0 Å². The fourth-order valence-corrected chi connectivity index (χ4v) is 1.24. The molecule has 3 nitrogen and oxygen atoms in total. The normalized spacial score (nSPS) is 9.21. The molecule has 0 radical (unpaired) electrons. The van der Waals surface area contributed by atoms with Gasteiger partial charge in [0, 0.05) is 9.92 Å². The van der Waals surface area contributed by atoms with E-state index < -0.39 is 0 Å². The number of carbonyl (C=O) groups excluding carboxylic acids is 1. The van der Waals surface area contributed by atoms with Gasteiger partial charge in [-0.15, -0.1) is 12.6 Å². The van der Waals surface area contributed by atoms with Crippen molar-refractivity contribution in [3.8, 4) is 6.07 Å². The molecule has 72 valence electrons. The molecule has 0 heterocycles. The Balaban J connectivity index is 2.81. The van der Waals surface area contributed by atoms with Gasteiger partial charge >= 0.3 is 0 Å². The van der Waals surface area contributed by atoms with Crippen LogP contribution in [0.2, 0.25) is 5.02 Å². The quantitative estimate of drug-likeness (QED) is 0.762. The third-order valence-corrected chi connectivity index (χ3v) is 2.10. The Hall–Kier alpha value is -1.18. The summed E-state index contributed by atoms with van der Waals surface area (Å²) in [6, 6.07) is 6.68. The number of rotatable bonds is 2. The van der Waals surface area contributed by atoms with Gasteiger partial charge in [0.15, 0.2) is 0 Å². The van der Waals surface area contributed by atoms with Crippen LogP contribution in [0.5, 0.6) is 0 Å². The van der Waals surface area contributed by atoms with E-state index >= 15 is 0 Å². The molecule has 0 unspecified atom stereocenters. The van der Waals surface area contributed by atoms with Crippen molar-refractivity contribution < 1.29 is 4.79 Å². The van der Waals surface area contributed by atoms with Gasteiger partial charge in [0.1, 0.15) is 6.42 Å². The number of anilines is 1. The Kier molecular flexibility index (Phi) is 3.81. The van der Waals surface area contributed by atoms with Crippen molar-refractivity contribution in [2.24, 2.45) is 0 Å². The number of nitriles is 1. The summed E-state index contributed by atoms with van der Waals surface area (Å²) in [6.45, 7) is 0. The third kappa shape index (κ3) is 2.95. The smallest absolute Gasteiger partial charge is 0.238 e. The first-order chi connectivity index (χ1) is 6.63. The van der Waals surface area contributed by atoms with E-state index in [0.29, 0.717) is 15.6 Å². The predicted octanol–water partition coefficient (Wildman–Crippen LogP) is 2.48. The largest absolute Gasteiger partial charge is 0.324 e. The Bertz CT molecular complexity index is 400. The molecule has 0 aliphatic heterocycles. The standard InChI is InChI=1S/C9H7ClN2OS/c10-6-1-2-8(14)7(5-6)12-9(13)3-4-11/h1-2,5,14H,3H2,(H,12,13). The molecular formula is C9H7ClN2OS. The number of nitrogens with one attached hydrogen (secondary N) is 1. The van der Waals surface area contributed by atoms with E-state index in [4.69, 9.17) is 16.9 Å². The van der Waals surface area contributed by atoms with Gasteiger partial charge in [0.25, 0.3) is 0 Å². The SMILES string of the molecule is N#CCC(=O)Nc1cc(Cl)ccc1S. The minimum absolute atomic E-state index is 0.181. The van der Waals surface area contributed by atoms with Crippen molar-refractivity contribution in [2.75, 3.05) is 5.32 Å². The summed E-state index contributed by atoms with van der Waals surface area (Å²) in [5, 5.41) is 11.3. The molecule has 0 fully saturated rings. The van der Waals surface area contributed by atoms with Gasteiger partial charge in [-0.2, -0.15) is 5.26 Å². The second kappa shape index (κ2) is 4.89. The summed E-state index contributed by atoms with van der Waals surface area (Å²) in [4.78, 5) is 11.7. The zero-order chi connectivity index (χ0) is 10.6. The number of amides is 1. The molecule has 0 aliphatic rings. The Morgan fingerprint density at radius 2 is 2.36 bits per heavy atom. The fraction of sp³-hybridized carbons (Fsp3) is 0.111. The monoisotopic (exact) mass is 226 g/mol. The van der Waals surface area contributed by atoms with Crippen LogP contribution in [-0.4, -0.2) is 5.91 Å². The van der Waals surface area contributed by atoms with Crippen molar-refractivity contribution in [1.29, 1.82) is 5.26 Å². The average Bonchev–Trinajstić information content (AvgIpc) is 2.12. The second-order valence-electron chi connectivity index (χ2n) is 2.54. The number of benzene rings is 1. The van der Waals surface area contributed by atoms with Gasteiger partial charge in [-0.1, -0.05) is 11.6 Å². The van der Waals surface area contributed by atoms with Crippen LogP contribution in [0.15, 0.2) is 23.1 Å². The third-order valence-electron chi connectivity index (χ3n) is 1.47. The summed E-state index contributed by atoms with van der Waals surface area (Å²) >= 11 is 9.86. The van der Waals surface area contributed by atoms with Gasteiger partial charge < -0.3 is 5.32 Å². The van der Waals surface area contributed by atoms with Crippen LogP contribution < -0.4 is 5.32 Å². The molecule has 14 heavy (non-hydrogen) atoms. The molecular weight excluding hydrogens is 220 g/mol. The van der Waals surface area contributed by atoms with Crippen LogP contribution in [0.3, 0.4) is 0 Å². The number of nitrogens with zero attached hydrogens (tertiary/aromatic N) is 1. The minimum atomic E-state index is -0.370. The van der Waals surface area contributed by atoms with Crippen molar-refractivity contribution in [2.45, 2.75) is 11.3 Å². The molecule has 0 aromatic heterocycles. The maximum Gasteiger partial charge on any atom is 0.238 e. The van der Waals surface area contributed by atoms with Crippen molar-refractivity contribution >= 4 is 35.8 Å². The predicted molar refractivity (Wildman–Crippen MR) is 57.6 cm³/mol. The fourth-order valence-electron chi connectivity index (χ4n) is 0.875. The molecule has 1 amide bonds. The maximum atomic E-state index is 11.1. The highest BCUT2D eigenvalue weighted by Gasteiger charge is 2.04. The average molecular weight is 227 g/mol. The number of thiol groups is 1. The summed E-state index contributed by atoms with van der Waals surface area (Å²) < 4.78 is 0. The highest BCUT2D eigenvalue weighted by Crippen LogP contribution is 2.23. The molecule has 0 aliphatic carbocycles. The van der Waals surface area contributed by atoms with Crippen LogP contribution in [0, 0.1) is 11.3 Å². The van der Waals surface area contributed by atoms with E-state index in [1.165, 1.54) is 0 Å². The van der Waals surface area contributed by atoms with Crippen LogP contribution in [0.4, 0.5) is 5.69 Å². The Labute approximate surface area is 92.1 Å². The molecule has 0 saturated heterocycles.